The minimum Gasteiger partial charge on any atom is -0.463 e. The van der Waals surface area contributed by atoms with Crippen LogP contribution in [-0.2, 0) is 5.54 Å². The first-order valence-corrected chi connectivity index (χ1v) is 11.6. The molecule has 0 saturated heterocycles. The van der Waals surface area contributed by atoms with Crippen LogP contribution in [0.4, 0.5) is 24.7 Å². The molecule has 3 N–H and O–H groups in total. The smallest absolute Gasteiger partial charge is 0.233 e. The normalized spacial score (nSPS) is 24.7. The summed E-state index contributed by atoms with van der Waals surface area (Å²) in [5.74, 6) is 5.07. The van der Waals surface area contributed by atoms with E-state index in [-0.39, 0.29) is 17.3 Å². The van der Waals surface area contributed by atoms with Crippen molar-refractivity contribution >= 4 is 39.5 Å². The summed E-state index contributed by atoms with van der Waals surface area (Å²) in [6, 6.07) is 5.87. The molecule has 0 unspecified atom stereocenters. The maximum absolute atomic E-state index is 15.0. The van der Waals surface area contributed by atoms with Gasteiger partial charge in [-0.05, 0) is 37.6 Å². The van der Waals surface area contributed by atoms with Crippen molar-refractivity contribution in [1.82, 2.24) is 15.0 Å². The zero-order valence-corrected chi connectivity index (χ0v) is 19.5. The van der Waals surface area contributed by atoms with Gasteiger partial charge in [0.25, 0.3) is 0 Å². The highest BCUT2D eigenvalue weighted by molar-refractivity contribution is 8.15. The molecule has 0 spiro atoms. The van der Waals surface area contributed by atoms with Crippen LogP contribution in [0.5, 0.6) is 5.88 Å². The van der Waals surface area contributed by atoms with Crippen LogP contribution in [0.25, 0.3) is 11.0 Å². The number of alkyl halides is 2. The highest BCUT2D eigenvalue weighted by Crippen LogP contribution is 2.66. The fourth-order valence-corrected chi connectivity index (χ4v) is 5.74. The lowest BCUT2D eigenvalue weighted by molar-refractivity contribution is 0.257. The van der Waals surface area contributed by atoms with Crippen molar-refractivity contribution in [3.05, 3.63) is 48.0 Å². The van der Waals surface area contributed by atoms with Crippen molar-refractivity contribution in [3.63, 3.8) is 0 Å². The van der Waals surface area contributed by atoms with E-state index in [4.69, 9.17) is 10.5 Å². The summed E-state index contributed by atoms with van der Waals surface area (Å²) < 4.78 is 48.0. The zero-order valence-electron chi connectivity index (χ0n) is 18.7. The number of thioether (sulfide) groups is 1. The first-order chi connectivity index (χ1) is 16.9. The number of halogens is 3. The van der Waals surface area contributed by atoms with E-state index in [1.165, 1.54) is 24.4 Å². The fraction of sp³-hybridized carbons (Fsp3) is 0.333. The number of hydrogen-bond donors (Lipinski definition) is 2. The molecule has 7 nitrogen and oxygen atoms in total. The number of fused-ring (bicyclic) bond motifs is 2. The molecule has 5 rings (SSSR count). The topological polar surface area (TPSA) is 98.3 Å². The van der Waals surface area contributed by atoms with Crippen LogP contribution in [0.2, 0.25) is 0 Å². The number of rotatable bonds is 7. The number of benzene rings is 1. The maximum atomic E-state index is 15.0. The molecule has 0 bridgehead atoms. The van der Waals surface area contributed by atoms with E-state index < -0.39 is 35.4 Å². The number of ether oxygens (including phenoxy) is 1. The Hall–Kier alpha value is -3.52. The number of nitrogens with zero attached hydrogens (tertiary/aromatic N) is 4. The Morgan fingerprint density at radius 1 is 1.26 bits per heavy atom. The number of nitrogens with two attached hydrogens (primary N) is 1. The lowest BCUT2D eigenvalue weighted by Gasteiger charge is -2.34. The third-order valence-corrected chi connectivity index (χ3v) is 7.52. The molecule has 0 radical (unpaired) electrons. The van der Waals surface area contributed by atoms with E-state index in [1.807, 2.05) is 0 Å². The number of aromatic nitrogens is 3. The average Bonchev–Trinajstić information content (AvgIpc) is 3.60. The Labute approximate surface area is 203 Å². The van der Waals surface area contributed by atoms with Crippen molar-refractivity contribution < 1.29 is 17.9 Å². The summed E-state index contributed by atoms with van der Waals surface area (Å²) in [5, 5.41) is 3.16. The minimum atomic E-state index is -1.58. The van der Waals surface area contributed by atoms with Crippen LogP contribution in [0, 0.1) is 23.6 Å². The Kier molecular flexibility index (Phi) is 5.92. The summed E-state index contributed by atoms with van der Waals surface area (Å²) in [6.07, 6.45) is 3.38. The molecule has 3 atom stereocenters. The van der Waals surface area contributed by atoms with Gasteiger partial charge < -0.3 is 15.8 Å². The minimum absolute atomic E-state index is 0.0209. The Bertz CT molecular complexity index is 1390. The van der Waals surface area contributed by atoms with Crippen LogP contribution in [-0.4, -0.2) is 44.8 Å². The van der Waals surface area contributed by atoms with Crippen LogP contribution >= 0.6 is 11.8 Å². The van der Waals surface area contributed by atoms with Gasteiger partial charge in [0.05, 0.1) is 16.5 Å². The van der Waals surface area contributed by atoms with Crippen LogP contribution in [0.1, 0.15) is 18.9 Å². The Morgan fingerprint density at radius 3 is 2.89 bits per heavy atom. The van der Waals surface area contributed by atoms with E-state index in [0.29, 0.717) is 34.8 Å². The molecule has 11 heteroatoms. The molecule has 1 saturated carbocycles. The second kappa shape index (κ2) is 8.92. The van der Waals surface area contributed by atoms with Gasteiger partial charge in [-0.2, -0.15) is 0 Å². The first kappa shape index (κ1) is 23.2. The molecular formula is C24H21F3N6OS. The number of nitrogens with one attached hydrogen (secondary N) is 1. The van der Waals surface area contributed by atoms with Gasteiger partial charge in [-0.3, -0.25) is 0 Å². The molecule has 3 aromatic rings. The van der Waals surface area contributed by atoms with Crippen LogP contribution in [0.3, 0.4) is 0 Å². The lowest BCUT2D eigenvalue weighted by atomic mass is 9.84. The van der Waals surface area contributed by atoms with Gasteiger partial charge in [0.2, 0.25) is 5.88 Å². The SMILES string of the molecule is CC#CCOc1cnc2c(Nc3ccc(F)c([C@@]4(CF)N=C(N)S[C@@]5(CF)C[C@H]54)c3)nccc2n1. The third-order valence-electron chi connectivity index (χ3n) is 6.25. The van der Waals surface area contributed by atoms with E-state index in [0.717, 1.165) is 11.8 Å². The van der Waals surface area contributed by atoms with E-state index in [9.17, 15) is 8.78 Å². The largest absolute Gasteiger partial charge is 0.463 e. The summed E-state index contributed by atoms with van der Waals surface area (Å²) in [5.41, 5.74) is 5.79. The molecular weight excluding hydrogens is 477 g/mol. The molecule has 35 heavy (non-hydrogen) atoms. The number of aliphatic imine (C=N–C) groups is 1. The van der Waals surface area contributed by atoms with E-state index >= 15 is 4.39 Å². The van der Waals surface area contributed by atoms with E-state index in [2.05, 4.69) is 37.1 Å². The van der Waals surface area contributed by atoms with Crippen molar-refractivity contribution in [2.24, 2.45) is 16.6 Å². The van der Waals surface area contributed by atoms with Crippen molar-refractivity contribution in [3.8, 4) is 17.7 Å². The van der Waals surface area contributed by atoms with Crippen molar-refractivity contribution in [2.75, 3.05) is 25.3 Å². The number of pyridine rings is 1. The number of amidine groups is 1. The van der Waals surface area contributed by atoms with Gasteiger partial charge in [0, 0.05) is 23.4 Å². The van der Waals surface area contributed by atoms with Crippen molar-refractivity contribution in [2.45, 2.75) is 23.6 Å². The first-order valence-electron chi connectivity index (χ1n) is 10.8. The van der Waals surface area contributed by atoms with Gasteiger partial charge in [0.15, 0.2) is 17.6 Å². The molecule has 0 amide bonds. The standard InChI is InChI=1S/C24H21F3N6OS/c1-2-3-8-34-19-11-30-20-17(32-19)6-7-29-21(20)31-14-4-5-16(27)15(9-14)24(13-26)18-10-23(18,12-25)35-22(28)33-24/h4-7,9,11,18H,8,10,12-13H2,1H3,(H2,28,33)(H,29,31)/t18-,23-,24-/m1/s1. The van der Waals surface area contributed by atoms with Gasteiger partial charge in [-0.25, -0.2) is 33.1 Å². The molecule has 1 aliphatic carbocycles. The predicted octanol–water partition coefficient (Wildman–Crippen LogP) is 4.26. The summed E-state index contributed by atoms with van der Waals surface area (Å²) >= 11 is 1.10. The van der Waals surface area contributed by atoms with Gasteiger partial charge in [-0.1, -0.05) is 17.7 Å². The highest BCUT2D eigenvalue weighted by atomic mass is 32.2. The molecule has 2 aromatic heterocycles. The molecule has 2 aliphatic rings. The average molecular weight is 499 g/mol. The molecule has 1 aromatic carbocycles. The Balaban J connectivity index is 1.49. The molecule has 3 heterocycles. The lowest BCUT2D eigenvalue weighted by Crippen LogP contribution is -2.40. The second-order valence-electron chi connectivity index (χ2n) is 8.34. The van der Waals surface area contributed by atoms with Gasteiger partial charge in [0.1, 0.15) is 30.2 Å². The number of anilines is 2. The van der Waals surface area contributed by atoms with Crippen LogP contribution < -0.4 is 15.8 Å². The summed E-state index contributed by atoms with van der Waals surface area (Å²) in [4.78, 5) is 17.4. The second-order valence-corrected chi connectivity index (χ2v) is 9.77. The summed E-state index contributed by atoms with van der Waals surface area (Å²) in [6.45, 7) is 0.225. The third kappa shape index (κ3) is 4.01. The maximum Gasteiger partial charge on any atom is 0.233 e. The summed E-state index contributed by atoms with van der Waals surface area (Å²) in [7, 11) is 0. The van der Waals surface area contributed by atoms with E-state index in [1.54, 1.807) is 19.2 Å². The Morgan fingerprint density at radius 2 is 2.11 bits per heavy atom. The molecule has 1 fully saturated rings. The highest BCUT2D eigenvalue weighted by Gasteiger charge is 2.68. The van der Waals surface area contributed by atoms with Crippen LogP contribution in [0.15, 0.2) is 41.7 Å². The number of hydrogen-bond acceptors (Lipinski definition) is 8. The fourth-order valence-electron chi connectivity index (χ4n) is 4.47. The molecule has 1 aliphatic heterocycles. The zero-order chi connectivity index (χ0) is 24.6. The van der Waals surface area contributed by atoms with Crippen molar-refractivity contribution in [1.29, 1.82) is 0 Å². The monoisotopic (exact) mass is 498 g/mol. The predicted molar refractivity (Wildman–Crippen MR) is 130 cm³/mol. The van der Waals surface area contributed by atoms with Gasteiger partial charge in [-0.15, -0.1) is 5.92 Å². The van der Waals surface area contributed by atoms with Gasteiger partial charge >= 0.3 is 0 Å². The quantitative estimate of drug-likeness (QED) is 0.470. The molecule has 180 valence electrons.